The molecule has 0 atom stereocenters. The van der Waals surface area contributed by atoms with E-state index in [9.17, 15) is 0 Å². The standard InChI is InChI=1S/C13H21N3/c1-10(2)7-16-13-9-14-6-5-11(13)8-15-12-3-4-12/h5-6,9-10,12,15-16H,3-4,7-8H2,1-2H3. The smallest absolute Gasteiger partial charge is 0.0572 e. The molecule has 3 nitrogen and oxygen atoms in total. The lowest BCUT2D eigenvalue weighted by molar-refractivity contribution is 0.676. The second kappa shape index (κ2) is 5.30. The molecule has 16 heavy (non-hydrogen) atoms. The van der Waals surface area contributed by atoms with Crippen molar-refractivity contribution in [2.75, 3.05) is 11.9 Å². The number of nitrogens with one attached hydrogen (secondary N) is 2. The van der Waals surface area contributed by atoms with Crippen LogP contribution in [0.1, 0.15) is 32.3 Å². The average Bonchev–Trinajstić information content (AvgIpc) is 3.08. The van der Waals surface area contributed by atoms with E-state index in [0.717, 1.165) is 19.1 Å². The normalized spacial score (nSPS) is 15.4. The van der Waals surface area contributed by atoms with Gasteiger partial charge < -0.3 is 10.6 Å². The first-order chi connectivity index (χ1) is 7.75. The molecule has 1 aliphatic carbocycles. The summed E-state index contributed by atoms with van der Waals surface area (Å²) < 4.78 is 0. The summed E-state index contributed by atoms with van der Waals surface area (Å²) in [5.74, 6) is 0.657. The van der Waals surface area contributed by atoms with Crippen LogP contribution in [0.25, 0.3) is 0 Å². The summed E-state index contributed by atoms with van der Waals surface area (Å²) in [6.07, 6.45) is 6.45. The van der Waals surface area contributed by atoms with E-state index >= 15 is 0 Å². The van der Waals surface area contributed by atoms with Gasteiger partial charge in [0.05, 0.1) is 11.9 Å². The Kier molecular flexibility index (Phi) is 3.78. The molecule has 0 amide bonds. The van der Waals surface area contributed by atoms with Crippen molar-refractivity contribution in [1.82, 2.24) is 10.3 Å². The molecule has 1 heterocycles. The van der Waals surface area contributed by atoms with Gasteiger partial charge in [0.15, 0.2) is 0 Å². The van der Waals surface area contributed by atoms with Gasteiger partial charge >= 0.3 is 0 Å². The molecule has 0 saturated heterocycles. The fraction of sp³-hybridized carbons (Fsp3) is 0.615. The minimum atomic E-state index is 0.657. The quantitative estimate of drug-likeness (QED) is 0.771. The lowest BCUT2D eigenvalue weighted by Gasteiger charge is -2.13. The van der Waals surface area contributed by atoms with Crippen LogP contribution in [0.3, 0.4) is 0 Å². The van der Waals surface area contributed by atoms with Gasteiger partial charge in [-0.15, -0.1) is 0 Å². The van der Waals surface area contributed by atoms with Gasteiger partial charge in [-0.2, -0.15) is 0 Å². The number of hydrogen-bond acceptors (Lipinski definition) is 3. The van der Waals surface area contributed by atoms with Crippen molar-refractivity contribution in [3.05, 3.63) is 24.0 Å². The van der Waals surface area contributed by atoms with Gasteiger partial charge in [-0.25, -0.2) is 0 Å². The highest BCUT2D eigenvalue weighted by Gasteiger charge is 2.20. The second-order valence-corrected chi connectivity index (χ2v) is 4.96. The molecule has 2 rings (SSSR count). The Morgan fingerprint density at radius 3 is 2.94 bits per heavy atom. The van der Waals surface area contributed by atoms with E-state index < -0.39 is 0 Å². The number of rotatable bonds is 6. The van der Waals surface area contributed by atoms with Crippen molar-refractivity contribution in [3.63, 3.8) is 0 Å². The first kappa shape index (κ1) is 11.4. The Morgan fingerprint density at radius 1 is 1.44 bits per heavy atom. The Morgan fingerprint density at radius 2 is 2.25 bits per heavy atom. The lowest BCUT2D eigenvalue weighted by Crippen LogP contribution is -2.17. The molecule has 0 radical (unpaired) electrons. The van der Waals surface area contributed by atoms with Crippen molar-refractivity contribution < 1.29 is 0 Å². The fourth-order valence-electron chi connectivity index (χ4n) is 1.59. The third-order valence-electron chi connectivity index (χ3n) is 2.77. The van der Waals surface area contributed by atoms with E-state index in [1.54, 1.807) is 0 Å². The van der Waals surface area contributed by atoms with Crippen LogP contribution in [0.2, 0.25) is 0 Å². The Hall–Kier alpha value is -1.09. The second-order valence-electron chi connectivity index (χ2n) is 4.96. The van der Waals surface area contributed by atoms with Crippen LogP contribution in [-0.2, 0) is 6.54 Å². The third kappa shape index (κ3) is 3.49. The van der Waals surface area contributed by atoms with E-state index in [4.69, 9.17) is 0 Å². The molecule has 0 aliphatic heterocycles. The van der Waals surface area contributed by atoms with E-state index in [1.165, 1.54) is 24.1 Å². The van der Waals surface area contributed by atoms with E-state index in [2.05, 4.69) is 35.5 Å². The van der Waals surface area contributed by atoms with E-state index in [0.29, 0.717) is 5.92 Å². The monoisotopic (exact) mass is 219 g/mol. The predicted molar refractivity (Wildman–Crippen MR) is 67.4 cm³/mol. The molecule has 0 spiro atoms. The van der Waals surface area contributed by atoms with Crippen molar-refractivity contribution in [1.29, 1.82) is 0 Å². The zero-order valence-electron chi connectivity index (χ0n) is 10.2. The Labute approximate surface area is 97.7 Å². The molecule has 0 unspecified atom stereocenters. The SMILES string of the molecule is CC(C)CNc1cnccc1CNC1CC1. The summed E-state index contributed by atoms with van der Waals surface area (Å²) in [5, 5.41) is 6.99. The van der Waals surface area contributed by atoms with Gasteiger partial charge in [0.25, 0.3) is 0 Å². The molecule has 1 fully saturated rings. The van der Waals surface area contributed by atoms with Crippen LogP contribution in [0.5, 0.6) is 0 Å². The van der Waals surface area contributed by atoms with E-state index in [1.807, 2.05) is 12.4 Å². The highest BCUT2D eigenvalue weighted by Crippen LogP contribution is 2.21. The Balaban J connectivity index is 1.92. The number of aromatic nitrogens is 1. The summed E-state index contributed by atoms with van der Waals surface area (Å²) in [6.45, 7) is 6.38. The topological polar surface area (TPSA) is 37.0 Å². The average molecular weight is 219 g/mol. The molecular weight excluding hydrogens is 198 g/mol. The molecular formula is C13H21N3. The van der Waals surface area contributed by atoms with Crippen LogP contribution >= 0.6 is 0 Å². The maximum Gasteiger partial charge on any atom is 0.0572 e. The molecule has 0 aromatic carbocycles. The van der Waals surface area contributed by atoms with Gasteiger partial charge in [-0.05, 0) is 30.4 Å². The van der Waals surface area contributed by atoms with Crippen LogP contribution in [-0.4, -0.2) is 17.6 Å². The predicted octanol–water partition coefficient (Wildman–Crippen LogP) is 2.40. The molecule has 3 heteroatoms. The summed E-state index contributed by atoms with van der Waals surface area (Å²) >= 11 is 0. The van der Waals surface area contributed by atoms with Crippen LogP contribution in [0.4, 0.5) is 5.69 Å². The third-order valence-corrected chi connectivity index (χ3v) is 2.77. The van der Waals surface area contributed by atoms with Gasteiger partial charge in [0.1, 0.15) is 0 Å². The van der Waals surface area contributed by atoms with Gasteiger partial charge in [0, 0.05) is 25.3 Å². The summed E-state index contributed by atoms with van der Waals surface area (Å²) in [4.78, 5) is 4.18. The largest absolute Gasteiger partial charge is 0.383 e. The summed E-state index contributed by atoms with van der Waals surface area (Å²) in [5.41, 5.74) is 2.49. The molecule has 1 aromatic rings. The van der Waals surface area contributed by atoms with Crippen molar-refractivity contribution >= 4 is 5.69 Å². The Bertz CT molecular complexity index is 307. The molecule has 0 bridgehead atoms. The van der Waals surface area contributed by atoms with Gasteiger partial charge in [0.2, 0.25) is 0 Å². The molecule has 1 aliphatic rings. The minimum Gasteiger partial charge on any atom is -0.383 e. The lowest BCUT2D eigenvalue weighted by atomic mass is 10.2. The maximum absolute atomic E-state index is 4.18. The molecule has 1 aromatic heterocycles. The molecule has 88 valence electrons. The van der Waals surface area contributed by atoms with Crippen molar-refractivity contribution in [2.45, 2.75) is 39.3 Å². The fourth-order valence-corrected chi connectivity index (χ4v) is 1.59. The minimum absolute atomic E-state index is 0.657. The number of pyridine rings is 1. The van der Waals surface area contributed by atoms with Crippen LogP contribution < -0.4 is 10.6 Å². The van der Waals surface area contributed by atoms with Crippen LogP contribution in [0.15, 0.2) is 18.5 Å². The molecule has 2 N–H and O–H groups in total. The van der Waals surface area contributed by atoms with Gasteiger partial charge in [-0.3, -0.25) is 4.98 Å². The van der Waals surface area contributed by atoms with Crippen LogP contribution in [0, 0.1) is 5.92 Å². The first-order valence-electron chi connectivity index (χ1n) is 6.16. The van der Waals surface area contributed by atoms with Crippen molar-refractivity contribution in [3.8, 4) is 0 Å². The zero-order chi connectivity index (χ0) is 11.4. The summed E-state index contributed by atoms with van der Waals surface area (Å²) in [7, 11) is 0. The highest BCUT2D eigenvalue weighted by atomic mass is 15.0. The zero-order valence-corrected chi connectivity index (χ0v) is 10.2. The maximum atomic E-state index is 4.18. The summed E-state index contributed by atoms with van der Waals surface area (Å²) in [6, 6.07) is 2.85. The first-order valence-corrected chi connectivity index (χ1v) is 6.16. The number of anilines is 1. The van der Waals surface area contributed by atoms with Gasteiger partial charge in [-0.1, -0.05) is 13.8 Å². The van der Waals surface area contributed by atoms with E-state index in [-0.39, 0.29) is 0 Å². The molecule has 1 saturated carbocycles. The highest BCUT2D eigenvalue weighted by molar-refractivity contribution is 5.48. The van der Waals surface area contributed by atoms with Crippen molar-refractivity contribution in [2.24, 2.45) is 5.92 Å². The number of nitrogens with zero attached hydrogens (tertiary/aromatic N) is 1. The number of hydrogen-bond donors (Lipinski definition) is 2.